The molecule has 52 heavy (non-hydrogen) atoms. The van der Waals surface area contributed by atoms with E-state index in [2.05, 4.69) is 201 Å². The molecule has 0 radical (unpaired) electrons. The van der Waals surface area contributed by atoms with Crippen LogP contribution in [0.15, 0.2) is 206 Å². The zero-order valence-corrected chi connectivity index (χ0v) is 31.3. The third-order valence-corrected chi connectivity index (χ3v) is 17.3. The summed E-state index contributed by atoms with van der Waals surface area (Å²) in [5.41, 5.74) is 7.27. The van der Waals surface area contributed by atoms with Crippen LogP contribution >= 0.6 is 23.1 Å². The van der Waals surface area contributed by atoms with Crippen LogP contribution in [0, 0.1) is 0 Å². The first-order chi connectivity index (χ1) is 25.7. The highest BCUT2D eigenvalue weighted by atomic mass is 32.2. The van der Waals surface area contributed by atoms with Crippen molar-refractivity contribution in [2.45, 2.75) is 4.90 Å². The number of benzene rings is 7. The molecule has 0 unspecified atom stereocenters. The van der Waals surface area contributed by atoms with E-state index in [1.807, 2.05) is 23.1 Å². The molecule has 248 valence electrons. The van der Waals surface area contributed by atoms with Gasteiger partial charge in [0.1, 0.15) is 0 Å². The Hall–Kier alpha value is -5.45. The number of hydrogen-bond acceptors (Lipinski definition) is 2. The minimum atomic E-state index is -2.85. The van der Waals surface area contributed by atoms with Crippen molar-refractivity contribution in [3.63, 3.8) is 0 Å². The maximum Gasteiger partial charge on any atom is 0.179 e. The topological polar surface area (TPSA) is 0 Å². The van der Waals surface area contributed by atoms with E-state index in [0.717, 1.165) is 11.3 Å². The highest BCUT2D eigenvalue weighted by molar-refractivity contribution is 7.99. The van der Waals surface area contributed by atoms with Crippen molar-refractivity contribution in [2.24, 2.45) is 0 Å². The first kappa shape index (κ1) is 32.5. The van der Waals surface area contributed by atoms with Crippen LogP contribution in [-0.2, 0) is 0 Å². The quantitative estimate of drug-likeness (QED) is 0.122. The molecule has 3 heteroatoms. The molecule has 2 heterocycles. The average Bonchev–Trinajstić information content (AvgIpc) is 3.63. The Balaban J connectivity index is 1.30. The van der Waals surface area contributed by atoms with Crippen molar-refractivity contribution in [3.05, 3.63) is 206 Å². The molecular formula is C49H36S2Si. The predicted octanol–water partition coefficient (Wildman–Crippen LogP) is 11.0. The Bertz CT molecular complexity index is 2610. The van der Waals surface area contributed by atoms with Gasteiger partial charge in [0, 0.05) is 30.8 Å². The molecule has 0 fully saturated rings. The molecule has 8 aromatic rings. The van der Waals surface area contributed by atoms with Crippen LogP contribution in [0.3, 0.4) is 0 Å². The number of rotatable bonds is 6. The zero-order valence-electron chi connectivity index (χ0n) is 28.7. The summed E-state index contributed by atoms with van der Waals surface area (Å²) in [6.45, 7) is 4.45. The lowest BCUT2D eigenvalue weighted by atomic mass is 9.99. The maximum absolute atomic E-state index is 4.45. The monoisotopic (exact) mass is 716 g/mol. The van der Waals surface area contributed by atoms with E-state index in [9.17, 15) is 0 Å². The zero-order chi connectivity index (χ0) is 34.9. The van der Waals surface area contributed by atoms with E-state index in [0.29, 0.717) is 0 Å². The summed E-state index contributed by atoms with van der Waals surface area (Å²) in [4.78, 5) is 1.28. The first-order valence-electron chi connectivity index (χ1n) is 17.7. The van der Waals surface area contributed by atoms with Gasteiger partial charge in [-0.15, -0.1) is 23.1 Å². The van der Waals surface area contributed by atoms with Gasteiger partial charge in [-0.2, -0.15) is 0 Å². The van der Waals surface area contributed by atoms with Gasteiger partial charge in [-0.3, -0.25) is 0 Å². The van der Waals surface area contributed by atoms with Gasteiger partial charge in [-0.05, 0) is 60.2 Å². The molecule has 0 saturated carbocycles. The SMILES string of the molecule is C=C1/C=C\C=C/CSc2c1cccc2-c1cccc([Si](c2ccccc2)(c2ccccc2)c2cccc(-c3cccc4c3sc3ccccc34)c2)c1. The molecule has 0 nitrogen and oxygen atoms in total. The fourth-order valence-electron chi connectivity index (χ4n) is 7.89. The molecule has 7 aromatic carbocycles. The Morgan fingerprint density at radius 3 is 1.77 bits per heavy atom. The normalized spacial score (nSPS) is 14.3. The minimum Gasteiger partial charge on any atom is -0.135 e. The van der Waals surface area contributed by atoms with Gasteiger partial charge in [-0.1, -0.05) is 195 Å². The lowest BCUT2D eigenvalue weighted by molar-refractivity contribution is 1.40. The van der Waals surface area contributed by atoms with E-state index < -0.39 is 8.07 Å². The fourth-order valence-corrected chi connectivity index (χ4v) is 15.0. The second kappa shape index (κ2) is 13.9. The molecule has 1 aliphatic rings. The lowest BCUT2D eigenvalue weighted by Crippen LogP contribution is -2.74. The summed E-state index contributed by atoms with van der Waals surface area (Å²) in [5, 5.41) is 8.13. The second-order valence-corrected chi connectivity index (χ2v) is 19.1. The highest BCUT2D eigenvalue weighted by Gasteiger charge is 2.41. The van der Waals surface area contributed by atoms with E-state index in [1.165, 1.54) is 73.6 Å². The Morgan fingerprint density at radius 1 is 0.481 bits per heavy atom. The standard InChI is InChI=1S/C49H36S2Si/c1-35-17-5-4-12-32-50-48-42(35)27-15-28-43(48)36-18-13-24-40(33-36)52(38-20-6-2-7-21-38,39-22-8-3-9-23-39)41-25-14-19-37(34-41)44-29-16-30-46-45-26-10-11-31-47(45)51-49(44)46/h2-31,33-34H,1,32H2/b12-4-,17-5-. The molecule has 0 bridgehead atoms. The summed E-state index contributed by atoms with van der Waals surface area (Å²) in [6, 6.07) is 63.6. The molecule has 0 atom stereocenters. The number of fused-ring (bicyclic) bond motifs is 4. The van der Waals surface area contributed by atoms with Crippen LogP contribution in [0.4, 0.5) is 0 Å². The summed E-state index contributed by atoms with van der Waals surface area (Å²) in [5.74, 6) is 0.910. The summed E-state index contributed by atoms with van der Waals surface area (Å²) >= 11 is 3.79. The minimum absolute atomic E-state index is 0.910. The van der Waals surface area contributed by atoms with Gasteiger partial charge in [0.25, 0.3) is 0 Å². The van der Waals surface area contributed by atoms with Crippen LogP contribution in [0.1, 0.15) is 5.56 Å². The van der Waals surface area contributed by atoms with Crippen LogP contribution in [0.5, 0.6) is 0 Å². The maximum atomic E-state index is 4.45. The second-order valence-electron chi connectivity index (χ2n) is 13.2. The van der Waals surface area contributed by atoms with Crippen molar-refractivity contribution in [1.29, 1.82) is 0 Å². The Labute approximate surface area is 315 Å². The van der Waals surface area contributed by atoms with E-state index in [4.69, 9.17) is 0 Å². The van der Waals surface area contributed by atoms with E-state index >= 15 is 0 Å². The van der Waals surface area contributed by atoms with Crippen molar-refractivity contribution in [3.8, 4) is 22.3 Å². The predicted molar refractivity (Wildman–Crippen MR) is 232 cm³/mol. The fraction of sp³-hybridized carbons (Fsp3) is 0.0204. The first-order valence-corrected chi connectivity index (χ1v) is 21.5. The van der Waals surface area contributed by atoms with Crippen molar-refractivity contribution < 1.29 is 0 Å². The summed E-state index contributed by atoms with van der Waals surface area (Å²) in [6.07, 6.45) is 8.57. The third kappa shape index (κ3) is 5.63. The molecule has 0 spiro atoms. The third-order valence-electron chi connectivity index (χ3n) is 10.3. The number of thioether (sulfide) groups is 1. The molecule has 9 rings (SSSR count). The molecular weight excluding hydrogens is 681 g/mol. The van der Waals surface area contributed by atoms with Crippen LogP contribution in [-0.4, -0.2) is 13.8 Å². The highest BCUT2D eigenvalue weighted by Crippen LogP contribution is 2.40. The number of allylic oxidation sites excluding steroid dienone is 4. The van der Waals surface area contributed by atoms with Crippen LogP contribution in [0.25, 0.3) is 48.0 Å². The van der Waals surface area contributed by atoms with Gasteiger partial charge in [0.05, 0.1) is 0 Å². The average molecular weight is 717 g/mol. The largest absolute Gasteiger partial charge is 0.179 e. The number of hydrogen-bond donors (Lipinski definition) is 0. The molecule has 1 aromatic heterocycles. The van der Waals surface area contributed by atoms with E-state index in [1.54, 1.807) is 0 Å². The molecule has 0 aliphatic carbocycles. The molecule has 0 saturated heterocycles. The molecule has 0 amide bonds. The van der Waals surface area contributed by atoms with Crippen molar-refractivity contribution in [1.82, 2.24) is 0 Å². The number of thiophene rings is 1. The van der Waals surface area contributed by atoms with Gasteiger partial charge in [0.2, 0.25) is 0 Å². The van der Waals surface area contributed by atoms with E-state index in [-0.39, 0.29) is 0 Å². The van der Waals surface area contributed by atoms with Gasteiger partial charge < -0.3 is 0 Å². The van der Waals surface area contributed by atoms with Gasteiger partial charge in [-0.25, -0.2) is 0 Å². The lowest BCUT2D eigenvalue weighted by Gasteiger charge is -2.35. The van der Waals surface area contributed by atoms with Crippen molar-refractivity contribution in [2.75, 3.05) is 5.75 Å². The van der Waals surface area contributed by atoms with Crippen LogP contribution in [0.2, 0.25) is 0 Å². The Morgan fingerprint density at radius 2 is 1.04 bits per heavy atom. The van der Waals surface area contributed by atoms with Gasteiger partial charge >= 0.3 is 0 Å². The van der Waals surface area contributed by atoms with Gasteiger partial charge in [0.15, 0.2) is 8.07 Å². The van der Waals surface area contributed by atoms with Crippen molar-refractivity contribution >= 4 is 77.7 Å². The molecule has 0 N–H and O–H groups in total. The van der Waals surface area contributed by atoms with Crippen LogP contribution < -0.4 is 20.7 Å². The Kier molecular flexibility index (Phi) is 8.69. The summed E-state index contributed by atoms with van der Waals surface area (Å²) < 4.78 is 2.67. The molecule has 1 aliphatic heterocycles. The smallest absolute Gasteiger partial charge is 0.135 e. The summed E-state index contributed by atoms with van der Waals surface area (Å²) in [7, 11) is -2.85.